The zero-order valence-electron chi connectivity index (χ0n) is 14.9. The molecule has 8 heteroatoms. The van der Waals surface area contributed by atoms with Gasteiger partial charge in [0, 0.05) is 25.7 Å². The van der Waals surface area contributed by atoms with Gasteiger partial charge in [-0.3, -0.25) is 15.6 Å². The third-order valence-corrected chi connectivity index (χ3v) is 7.00. The number of rotatable bonds is 6. The van der Waals surface area contributed by atoms with Crippen LogP contribution >= 0.6 is 0 Å². The van der Waals surface area contributed by atoms with E-state index in [9.17, 15) is 17.6 Å². The van der Waals surface area contributed by atoms with E-state index in [1.807, 2.05) is 6.07 Å². The molecule has 6 nitrogen and oxygen atoms in total. The molecule has 2 saturated heterocycles. The largest absolute Gasteiger partial charge is 0.345 e. The lowest BCUT2D eigenvalue weighted by molar-refractivity contribution is -0.133. The van der Waals surface area contributed by atoms with Crippen molar-refractivity contribution in [3.05, 3.63) is 35.6 Å². The molecule has 0 spiro atoms. The number of carbonyl (C=O) groups is 1. The van der Waals surface area contributed by atoms with Gasteiger partial charge in [0.15, 0.2) is 9.84 Å². The number of hydrogen-bond donors (Lipinski definition) is 2. The normalized spacial score (nSPS) is 27.5. The summed E-state index contributed by atoms with van der Waals surface area (Å²) < 4.78 is 36.4. The minimum absolute atomic E-state index is 0.0143. The molecule has 2 aliphatic rings. The summed E-state index contributed by atoms with van der Waals surface area (Å²) in [4.78, 5) is 14.0. The lowest BCUT2D eigenvalue weighted by atomic mass is 9.99. The van der Waals surface area contributed by atoms with Crippen LogP contribution in [0, 0.1) is 11.7 Å². The summed E-state index contributed by atoms with van der Waals surface area (Å²) in [6.07, 6.45) is 3.02. The highest BCUT2D eigenvalue weighted by molar-refractivity contribution is 7.91. The number of nitrogens with one attached hydrogen (secondary N) is 2. The van der Waals surface area contributed by atoms with Crippen LogP contribution < -0.4 is 10.9 Å². The Morgan fingerprint density at radius 1 is 1.35 bits per heavy atom. The first-order valence-electron chi connectivity index (χ1n) is 9.06. The molecule has 0 bridgehead atoms. The van der Waals surface area contributed by atoms with Crippen LogP contribution in [0.25, 0.3) is 0 Å². The average Bonchev–Trinajstić information content (AvgIpc) is 3.20. The number of benzene rings is 1. The SMILES string of the molecule is CN(CCCC1CC(c2cccc(F)c2)NN1)C(=O)C1CCS(=O)(=O)C1. The van der Waals surface area contributed by atoms with Gasteiger partial charge in [-0.25, -0.2) is 12.8 Å². The van der Waals surface area contributed by atoms with Gasteiger partial charge >= 0.3 is 0 Å². The van der Waals surface area contributed by atoms with Gasteiger partial charge in [-0.2, -0.15) is 0 Å². The van der Waals surface area contributed by atoms with Crippen molar-refractivity contribution in [1.29, 1.82) is 0 Å². The number of hydrogen-bond acceptors (Lipinski definition) is 5. The number of carbonyl (C=O) groups excluding carboxylic acids is 1. The molecule has 144 valence electrons. The van der Waals surface area contributed by atoms with Gasteiger partial charge in [0.2, 0.25) is 5.91 Å². The summed E-state index contributed by atoms with van der Waals surface area (Å²) in [5.74, 6) is -0.577. The number of nitrogens with zero attached hydrogens (tertiary/aromatic N) is 1. The zero-order chi connectivity index (χ0) is 18.7. The van der Waals surface area contributed by atoms with E-state index in [-0.39, 0.29) is 41.2 Å². The van der Waals surface area contributed by atoms with Gasteiger partial charge in [0.05, 0.1) is 17.4 Å². The van der Waals surface area contributed by atoms with Crippen molar-refractivity contribution in [1.82, 2.24) is 15.8 Å². The molecule has 3 atom stereocenters. The van der Waals surface area contributed by atoms with Gasteiger partial charge in [0.1, 0.15) is 5.82 Å². The molecule has 2 N–H and O–H groups in total. The molecule has 1 aromatic carbocycles. The van der Waals surface area contributed by atoms with Gasteiger partial charge in [-0.15, -0.1) is 0 Å². The summed E-state index contributed by atoms with van der Waals surface area (Å²) in [5, 5.41) is 0. The fraction of sp³-hybridized carbons (Fsp3) is 0.611. The Hall–Kier alpha value is -1.51. The van der Waals surface area contributed by atoms with E-state index in [2.05, 4.69) is 10.9 Å². The first-order chi connectivity index (χ1) is 12.3. The van der Waals surface area contributed by atoms with Crippen molar-refractivity contribution in [2.75, 3.05) is 25.1 Å². The van der Waals surface area contributed by atoms with E-state index in [1.54, 1.807) is 24.1 Å². The van der Waals surface area contributed by atoms with E-state index in [0.717, 1.165) is 24.8 Å². The molecule has 1 amide bonds. The molecular formula is C18H26FN3O3S. The number of hydrazine groups is 1. The number of halogens is 1. The summed E-state index contributed by atoms with van der Waals surface area (Å²) in [6.45, 7) is 0.609. The maximum atomic E-state index is 13.3. The Labute approximate surface area is 154 Å². The molecule has 3 rings (SSSR count). The Bertz CT molecular complexity index is 756. The van der Waals surface area contributed by atoms with Crippen molar-refractivity contribution in [2.45, 2.75) is 37.8 Å². The standard InChI is InChI=1S/C18H26FN3O3S/c1-22(18(23)14-7-9-26(24,25)12-14)8-3-6-16-11-17(21-20-16)13-4-2-5-15(19)10-13/h2,4-5,10,14,16-17,20-21H,3,6-9,11-12H2,1H3. The van der Waals surface area contributed by atoms with Crippen molar-refractivity contribution >= 4 is 15.7 Å². The predicted octanol–water partition coefficient (Wildman–Crippen LogP) is 1.41. The number of sulfone groups is 1. The summed E-state index contributed by atoms with van der Waals surface area (Å²) >= 11 is 0. The van der Waals surface area contributed by atoms with Crippen LogP contribution in [-0.2, 0) is 14.6 Å². The second-order valence-corrected chi connectivity index (χ2v) is 9.56. The van der Waals surface area contributed by atoms with Gasteiger partial charge < -0.3 is 4.90 Å². The van der Waals surface area contributed by atoms with Gasteiger partial charge in [-0.1, -0.05) is 12.1 Å². The minimum atomic E-state index is -3.04. The van der Waals surface area contributed by atoms with Gasteiger partial charge in [0.25, 0.3) is 0 Å². The highest BCUT2D eigenvalue weighted by Gasteiger charge is 2.34. The summed E-state index contributed by atoms with van der Waals surface area (Å²) in [5.41, 5.74) is 7.36. The molecule has 26 heavy (non-hydrogen) atoms. The van der Waals surface area contributed by atoms with E-state index in [1.165, 1.54) is 6.07 Å². The molecule has 0 aromatic heterocycles. The Balaban J connectivity index is 1.40. The summed E-state index contributed by atoms with van der Waals surface area (Å²) in [6, 6.07) is 6.95. The Kier molecular flexibility index (Phi) is 5.94. The second-order valence-electron chi connectivity index (χ2n) is 7.33. The van der Waals surface area contributed by atoms with Crippen LogP contribution in [0.3, 0.4) is 0 Å². The minimum Gasteiger partial charge on any atom is -0.345 e. The lowest BCUT2D eigenvalue weighted by Crippen LogP contribution is -2.35. The highest BCUT2D eigenvalue weighted by atomic mass is 32.2. The summed E-state index contributed by atoms with van der Waals surface area (Å²) in [7, 11) is -1.30. The van der Waals surface area contributed by atoms with Crippen molar-refractivity contribution in [2.24, 2.45) is 5.92 Å². The lowest BCUT2D eigenvalue weighted by Gasteiger charge is -2.21. The molecular weight excluding hydrogens is 357 g/mol. The van der Waals surface area contributed by atoms with Crippen molar-refractivity contribution in [3.8, 4) is 0 Å². The second kappa shape index (κ2) is 8.02. The Morgan fingerprint density at radius 2 is 2.15 bits per heavy atom. The van der Waals surface area contributed by atoms with Crippen LogP contribution in [0.4, 0.5) is 4.39 Å². The predicted molar refractivity (Wildman–Crippen MR) is 97.4 cm³/mol. The van der Waals surface area contributed by atoms with Crippen molar-refractivity contribution < 1.29 is 17.6 Å². The van der Waals surface area contributed by atoms with Crippen LogP contribution in [0.5, 0.6) is 0 Å². The molecule has 0 saturated carbocycles. The maximum Gasteiger partial charge on any atom is 0.226 e. The molecule has 0 radical (unpaired) electrons. The van der Waals surface area contributed by atoms with Crippen LogP contribution in [-0.4, -0.2) is 50.4 Å². The van der Waals surface area contributed by atoms with Crippen LogP contribution in [0.15, 0.2) is 24.3 Å². The molecule has 3 unspecified atom stereocenters. The monoisotopic (exact) mass is 383 g/mol. The first-order valence-corrected chi connectivity index (χ1v) is 10.9. The fourth-order valence-corrected chi connectivity index (χ4v) is 5.47. The quantitative estimate of drug-likeness (QED) is 0.777. The third-order valence-electron chi connectivity index (χ3n) is 5.24. The molecule has 2 heterocycles. The van der Waals surface area contributed by atoms with Crippen LogP contribution in [0.1, 0.15) is 37.3 Å². The first kappa shape index (κ1) is 19.3. The Morgan fingerprint density at radius 3 is 2.85 bits per heavy atom. The van der Waals surface area contributed by atoms with E-state index in [0.29, 0.717) is 13.0 Å². The third kappa shape index (κ3) is 4.81. The zero-order valence-corrected chi connectivity index (χ0v) is 15.8. The molecule has 2 fully saturated rings. The van der Waals surface area contributed by atoms with E-state index < -0.39 is 9.84 Å². The van der Waals surface area contributed by atoms with Crippen molar-refractivity contribution in [3.63, 3.8) is 0 Å². The molecule has 1 aromatic rings. The van der Waals surface area contributed by atoms with Gasteiger partial charge in [-0.05, 0) is 43.4 Å². The topological polar surface area (TPSA) is 78.5 Å². The highest BCUT2D eigenvalue weighted by Crippen LogP contribution is 2.25. The van der Waals surface area contributed by atoms with E-state index in [4.69, 9.17) is 0 Å². The number of amides is 1. The smallest absolute Gasteiger partial charge is 0.226 e. The molecule has 0 aliphatic carbocycles. The van der Waals surface area contributed by atoms with E-state index >= 15 is 0 Å². The molecule has 2 aliphatic heterocycles. The maximum absolute atomic E-state index is 13.3. The van der Waals surface area contributed by atoms with Crippen LogP contribution in [0.2, 0.25) is 0 Å². The fourth-order valence-electron chi connectivity index (χ4n) is 3.74. The average molecular weight is 383 g/mol.